The van der Waals surface area contributed by atoms with Crippen LogP contribution in [0.5, 0.6) is 0 Å². The molecule has 2 aromatic carbocycles. The van der Waals surface area contributed by atoms with Gasteiger partial charge >= 0.3 is 0 Å². The van der Waals surface area contributed by atoms with Crippen LogP contribution in [-0.4, -0.2) is 15.2 Å². The number of nitrogens with zero attached hydrogens (tertiary/aromatic N) is 2. The van der Waals surface area contributed by atoms with Crippen molar-refractivity contribution >= 4 is 39.3 Å². The lowest BCUT2D eigenvalue weighted by atomic mass is 10.2. The van der Waals surface area contributed by atoms with E-state index in [0.29, 0.717) is 5.02 Å². The van der Waals surface area contributed by atoms with Gasteiger partial charge in [0.2, 0.25) is 5.16 Å². The number of hydrogen-bond acceptors (Lipinski definition) is 3. The molecule has 0 fully saturated rings. The van der Waals surface area contributed by atoms with Crippen LogP contribution in [0.1, 0.15) is 5.56 Å². The molecule has 1 heterocycles. The maximum Gasteiger partial charge on any atom is 0.209 e. The van der Waals surface area contributed by atoms with E-state index in [1.165, 1.54) is 5.56 Å². The first-order valence-electron chi connectivity index (χ1n) is 6.26. The van der Waals surface area contributed by atoms with E-state index in [1.54, 1.807) is 11.8 Å². The Labute approximate surface area is 140 Å². The standard InChI is InChI=1S/C15H11BrClN3S/c16-12-3-1-2-10(8-12)9-21-15-18-14(19-20-15)11-4-6-13(17)7-5-11/h1-8H,9H2,(H,18,19,20). The summed E-state index contributed by atoms with van der Waals surface area (Å²) in [4.78, 5) is 4.49. The molecule has 0 aliphatic rings. The van der Waals surface area contributed by atoms with Crippen molar-refractivity contribution < 1.29 is 0 Å². The van der Waals surface area contributed by atoms with E-state index in [1.807, 2.05) is 36.4 Å². The zero-order chi connectivity index (χ0) is 14.7. The monoisotopic (exact) mass is 379 g/mol. The fourth-order valence-corrected chi connectivity index (χ4v) is 3.14. The molecule has 3 nitrogen and oxygen atoms in total. The average molecular weight is 381 g/mol. The zero-order valence-corrected chi connectivity index (χ0v) is 14.0. The van der Waals surface area contributed by atoms with Crippen LogP contribution >= 0.6 is 39.3 Å². The lowest BCUT2D eigenvalue weighted by Crippen LogP contribution is -1.82. The predicted molar refractivity (Wildman–Crippen MR) is 90.5 cm³/mol. The number of aromatic nitrogens is 3. The molecule has 3 rings (SSSR count). The summed E-state index contributed by atoms with van der Waals surface area (Å²) in [5.74, 6) is 1.58. The van der Waals surface area contributed by atoms with Gasteiger partial charge in [0.05, 0.1) is 0 Å². The topological polar surface area (TPSA) is 41.6 Å². The summed E-state index contributed by atoms with van der Waals surface area (Å²) in [5, 5.41) is 8.64. The van der Waals surface area contributed by atoms with Crippen molar-refractivity contribution in [2.75, 3.05) is 0 Å². The van der Waals surface area contributed by atoms with Crippen LogP contribution < -0.4 is 0 Å². The average Bonchev–Trinajstić information content (AvgIpc) is 2.95. The smallest absolute Gasteiger partial charge is 0.209 e. The minimum absolute atomic E-state index is 0.711. The molecule has 0 atom stereocenters. The SMILES string of the molecule is Clc1ccc(-c2nc(SCc3cccc(Br)c3)n[nH]2)cc1. The third kappa shape index (κ3) is 3.87. The Morgan fingerprint density at radius 1 is 1.14 bits per heavy atom. The van der Waals surface area contributed by atoms with Crippen LogP contribution in [0.2, 0.25) is 5.02 Å². The molecule has 1 aromatic heterocycles. The molecule has 1 N–H and O–H groups in total. The molecule has 3 aromatic rings. The van der Waals surface area contributed by atoms with Crippen molar-refractivity contribution in [1.82, 2.24) is 15.2 Å². The van der Waals surface area contributed by atoms with E-state index < -0.39 is 0 Å². The first-order chi connectivity index (χ1) is 10.2. The van der Waals surface area contributed by atoms with Crippen LogP contribution in [0.4, 0.5) is 0 Å². The summed E-state index contributed by atoms with van der Waals surface area (Å²) < 4.78 is 1.08. The van der Waals surface area contributed by atoms with Gasteiger partial charge in [-0.2, -0.15) is 0 Å². The van der Waals surface area contributed by atoms with E-state index in [0.717, 1.165) is 26.8 Å². The quantitative estimate of drug-likeness (QED) is 0.634. The summed E-state index contributed by atoms with van der Waals surface area (Å²) >= 11 is 11.0. The van der Waals surface area contributed by atoms with Gasteiger partial charge < -0.3 is 0 Å². The molecule has 0 spiro atoms. The predicted octanol–water partition coefficient (Wildman–Crippen LogP) is 5.18. The molecule has 0 amide bonds. The number of rotatable bonds is 4. The lowest BCUT2D eigenvalue weighted by molar-refractivity contribution is 0.973. The minimum Gasteiger partial charge on any atom is -0.258 e. The molecule has 0 unspecified atom stereocenters. The van der Waals surface area contributed by atoms with E-state index in [9.17, 15) is 0 Å². The second-order valence-corrected chi connectivity index (χ2v) is 6.69. The molecule has 21 heavy (non-hydrogen) atoms. The van der Waals surface area contributed by atoms with Crippen LogP contribution in [0.25, 0.3) is 11.4 Å². The van der Waals surface area contributed by atoms with E-state index in [-0.39, 0.29) is 0 Å². The van der Waals surface area contributed by atoms with Gasteiger partial charge in [-0.1, -0.05) is 51.4 Å². The minimum atomic E-state index is 0.711. The molecule has 0 saturated heterocycles. The number of aromatic amines is 1. The van der Waals surface area contributed by atoms with Crippen LogP contribution in [0.3, 0.4) is 0 Å². The molecule has 0 aliphatic heterocycles. The normalized spacial score (nSPS) is 10.8. The van der Waals surface area contributed by atoms with Crippen molar-refractivity contribution in [2.45, 2.75) is 10.9 Å². The molecule has 0 bridgehead atoms. The van der Waals surface area contributed by atoms with Crippen molar-refractivity contribution in [2.24, 2.45) is 0 Å². The highest BCUT2D eigenvalue weighted by Crippen LogP contribution is 2.24. The lowest BCUT2D eigenvalue weighted by Gasteiger charge is -1.99. The number of halogens is 2. The summed E-state index contributed by atoms with van der Waals surface area (Å²) in [6, 6.07) is 15.7. The van der Waals surface area contributed by atoms with Gasteiger partial charge in [0.1, 0.15) is 0 Å². The Hall–Kier alpha value is -1.30. The fourth-order valence-electron chi connectivity index (χ4n) is 1.82. The number of H-pyrrole nitrogens is 1. The summed E-state index contributed by atoms with van der Waals surface area (Å²) in [6.45, 7) is 0. The number of nitrogens with one attached hydrogen (secondary N) is 1. The highest BCUT2D eigenvalue weighted by molar-refractivity contribution is 9.10. The Balaban J connectivity index is 1.69. The Morgan fingerprint density at radius 3 is 2.71 bits per heavy atom. The van der Waals surface area contributed by atoms with Crippen molar-refractivity contribution in [3.63, 3.8) is 0 Å². The largest absolute Gasteiger partial charge is 0.258 e. The van der Waals surface area contributed by atoms with Gasteiger partial charge in [-0.15, -0.1) is 5.10 Å². The Morgan fingerprint density at radius 2 is 1.95 bits per heavy atom. The summed E-state index contributed by atoms with van der Waals surface area (Å²) in [5.41, 5.74) is 2.20. The van der Waals surface area contributed by atoms with Gasteiger partial charge in [-0.3, -0.25) is 5.10 Å². The van der Waals surface area contributed by atoms with Gasteiger partial charge in [0, 0.05) is 20.8 Å². The molecular formula is C15H11BrClN3S. The van der Waals surface area contributed by atoms with Crippen LogP contribution in [-0.2, 0) is 5.75 Å². The molecule has 106 valence electrons. The van der Waals surface area contributed by atoms with Crippen molar-refractivity contribution in [3.05, 3.63) is 63.6 Å². The van der Waals surface area contributed by atoms with Crippen molar-refractivity contribution in [3.8, 4) is 11.4 Å². The van der Waals surface area contributed by atoms with Crippen LogP contribution in [0, 0.1) is 0 Å². The van der Waals surface area contributed by atoms with E-state index in [2.05, 4.69) is 43.2 Å². The molecule has 0 aliphatic carbocycles. The maximum absolute atomic E-state index is 5.88. The molecule has 6 heteroatoms. The van der Waals surface area contributed by atoms with Crippen LogP contribution in [0.15, 0.2) is 58.2 Å². The Bertz CT molecular complexity index is 743. The molecular weight excluding hydrogens is 370 g/mol. The fraction of sp³-hybridized carbons (Fsp3) is 0.0667. The van der Waals surface area contributed by atoms with Gasteiger partial charge in [-0.25, -0.2) is 4.98 Å². The van der Waals surface area contributed by atoms with Crippen molar-refractivity contribution in [1.29, 1.82) is 0 Å². The number of benzene rings is 2. The van der Waals surface area contributed by atoms with E-state index >= 15 is 0 Å². The first kappa shape index (κ1) is 14.6. The summed E-state index contributed by atoms with van der Waals surface area (Å²) in [7, 11) is 0. The molecule has 0 saturated carbocycles. The highest BCUT2D eigenvalue weighted by Gasteiger charge is 2.06. The summed E-state index contributed by atoms with van der Waals surface area (Å²) in [6.07, 6.45) is 0. The third-order valence-corrected chi connectivity index (χ3v) is 4.50. The van der Waals surface area contributed by atoms with E-state index in [4.69, 9.17) is 11.6 Å². The second kappa shape index (κ2) is 6.64. The second-order valence-electron chi connectivity index (χ2n) is 4.39. The van der Waals surface area contributed by atoms with Gasteiger partial charge in [-0.05, 0) is 42.0 Å². The van der Waals surface area contributed by atoms with Gasteiger partial charge in [0.25, 0.3) is 0 Å². The Kier molecular flexibility index (Phi) is 4.63. The van der Waals surface area contributed by atoms with Gasteiger partial charge in [0.15, 0.2) is 5.82 Å². The highest BCUT2D eigenvalue weighted by atomic mass is 79.9. The number of thioether (sulfide) groups is 1. The third-order valence-electron chi connectivity index (χ3n) is 2.84. The zero-order valence-electron chi connectivity index (χ0n) is 10.9. The maximum atomic E-state index is 5.88. The first-order valence-corrected chi connectivity index (χ1v) is 8.42. The number of hydrogen-bond donors (Lipinski definition) is 1. The molecule has 0 radical (unpaired) electrons.